The molecule has 0 atom stereocenters. The highest BCUT2D eigenvalue weighted by Crippen LogP contribution is 2.68. The van der Waals surface area contributed by atoms with E-state index in [2.05, 4.69) is 97.9 Å². The van der Waals surface area contributed by atoms with Gasteiger partial charge in [-0.05, 0) is 63.3 Å². The van der Waals surface area contributed by atoms with Crippen LogP contribution in [0.25, 0.3) is 0 Å². The molecule has 112 valence electrons. The van der Waals surface area contributed by atoms with Gasteiger partial charge in [-0.2, -0.15) is 10.0 Å². The monoisotopic (exact) mass is 306 g/mol. The van der Waals surface area contributed by atoms with E-state index in [1.54, 1.807) is 0 Å². The van der Waals surface area contributed by atoms with Crippen LogP contribution in [0.15, 0.2) is 106 Å². The van der Waals surface area contributed by atoms with E-state index >= 15 is 0 Å². The van der Waals surface area contributed by atoms with Gasteiger partial charge in [0.2, 0.25) is 0 Å². The third-order valence-electron chi connectivity index (χ3n) is 3.95. The number of rotatable bonds is 5. The molecule has 3 aromatic rings. The van der Waals surface area contributed by atoms with Crippen molar-refractivity contribution in [3.05, 3.63) is 91.0 Å². The second-order valence-corrected chi connectivity index (χ2v) is 8.68. The van der Waals surface area contributed by atoms with E-state index in [1.165, 1.54) is 26.9 Å². The summed E-state index contributed by atoms with van der Waals surface area (Å²) in [4.78, 5) is 4.36. The van der Waals surface area contributed by atoms with E-state index in [4.69, 9.17) is 0 Å². The molecule has 0 radical (unpaired) electrons. The Bertz CT molecular complexity index is 593. The van der Waals surface area contributed by atoms with Crippen molar-refractivity contribution >= 4 is 10.0 Å². The highest BCUT2D eigenvalue weighted by atomic mass is 32.3. The molecule has 0 saturated heterocycles. The average molecular weight is 306 g/mol. The lowest BCUT2D eigenvalue weighted by Gasteiger charge is -2.41. The molecule has 0 aromatic heterocycles. The van der Waals surface area contributed by atoms with Gasteiger partial charge in [-0.3, -0.25) is 0 Å². The first-order valence-electron chi connectivity index (χ1n) is 7.84. The molecule has 0 nitrogen and oxygen atoms in total. The van der Waals surface area contributed by atoms with Crippen LogP contribution in [-0.4, -0.2) is 5.75 Å². The van der Waals surface area contributed by atoms with Crippen LogP contribution in [0.3, 0.4) is 0 Å². The van der Waals surface area contributed by atoms with Crippen molar-refractivity contribution in [3.8, 4) is 0 Å². The fourth-order valence-corrected chi connectivity index (χ4v) is 7.03. The van der Waals surface area contributed by atoms with Crippen molar-refractivity contribution in [2.75, 3.05) is 5.75 Å². The molecule has 0 amide bonds. The predicted octanol–water partition coefficient (Wildman–Crippen LogP) is 6.38. The van der Waals surface area contributed by atoms with E-state index in [1.807, 2.05) is 0 Å². The van der Waals surface area contributed by atoms with Crippen molar-refractivity contribution in [2.45, 2.75) is 28.0 Å². The first-order valence-corrected chi connectivity index (χ1v) is 9.64. The second kappa shape index (κ2) is 6.85. The van der Waals surface area contributed by atoms with Crippen LogP contribution < -0.4 is 0 Å². The third kappa shape index (κ3) is 2.69. The molecule has 3 aromatic carbocycles. The molecule has 0 fully saturated rings. The van der Waals surface area contributed by atoms with Gasteiger partial charge in [0, 0.05) is 0 Å². The molecule has 22 heavy (non-hydrogen) atoms. The number of benzene rings is 3. The quantitative estimate of drug-likeness (QED) is 0.513. The molecule has 0 aliphatic rings. The molecule has 0 heterocycles. The minimum Gasteiger partial charge on any atom is -0.160 e. The Hall–Kier alpha value is -1.99. The molecule has 0 N–H and O–H groups in total. The van der Waals surface area contributed by atoms with Crippen molar-refractivity contribution in [1.29, 1.82) is 0 Å². The van der Waals surface area contributed by atoms with Crippen molar-refractivity contribution in [1.82, 2.24) is 0 Å². The van der Waals surface area contributed by atoms with Crippen LogP contribution in [0.5, 0.6) is 0 Å². The van der Waals surface area contributed by atoms with Crippen LogP contribution in [0.2, 0.25) is 0 Å². The summed E-state index contributed by atoms with van der Waals surface area (Å²) < 4.78 is 0. The Balaban J connectivity index is 2.29. The highest BCUT2D eigenvalue weighted by Gasteiger charge is 2.29. The Labute approximate surface area is 135 Å². The fourth-order valence-electron chi connectivity index (χ4n) is 3.03. The predicted molar refractivity (Wildman–Crippen MR) is 96.9 cm³/mol. The number of hydrogen-bond acceptors (Lipinski definition) is 0. The van der Waals surface area contributed by atoms with Crippen LogP contribution in [0, 0.1) is 0 Å². The third-order valence-corrected chi connectivity index (χ3v) is 8.20. The maximum absolute atomic E-state index is 2.30. The van der Waals surface area contributed by atoms with Gasteiger partial charge in [0.05, 0.1) is 0 Å². The molecular formula is C21H22S. The zero-order valence-electron chi connectivity index (χ0n) is 13.0. The zero-order valence-corrected chi connectivity index (χ0v) is 13.8. The Kier molecular flexibility index (Phi) is 4.65. The van der Waals surface area contributed by atoms with Gasteiger partial charge in [-0.1, -0.05) is 61.5 Å². The number of hydrogen-bond donors (Lipinski definition) is 0. The van der Waals surface area contributed by atoms with Gasteiger partial charge in [-0.25, -0.2) is 0 Å². The Morgan fingerprint density at radius 3 is 1.14 bits per heavy atom. The summed E-state index contributed by atoms with van der Waals surface area (Å²) in [6, 6.07) is 33.1. The average Bonchev–Trinajstić information content (AvgIpc) is 2.62. The zero-order chi connectivity index (χ0) is 15.3. The summed E-state index contributed by atoms with van der Waals surface area (Å²) in [5.74, 6) is 1.19. The van der Waals surface area contributed by atoms with E-state index in [9.17, 15) is 0 Å². The maximum atomic E-state index is 2.30. The van der Waals surface area contributed by atoms with Crippen LogP contribution in [0.1, 0.15) is 13.3 Å². The molecule has 0 unspecified atom stereocenters. The smallest absolute Gasteiger partial charge is 0.00187 e. The summed E-state index contributed by atoms with van der Waals surface area (Å²) in [6.45, 7) is 2.29. The van der Waals surface area contributed by atoms with Gasteiger partial charge < -0.3 is 0 Å². The summed E-state index contributed by atoms with van der Waals surface area (Å²) >= 11 is 0. The molecule has 0 aliphatic carbocycles. The minimum absolute atomic E-state index is 1.17. The summed E-state index contributed by atoms with van der Waals surface area (Å²) in [5, 5.41) is 0. The molecule has 1 heteroatoms. The van der Waals surface area contributed by atoms with Crippen molar-refractivity contribution in [3.63, 3.8) is 0 Å². The summed E-state index contributed by atoms with van der Waals surface area (Å²) in [7, 11) is -1.18. The molecular weight excluding hydrogens is 284 g/mol. The first-order chi connectivity index (χ1) is 10.9. The minimum atomic E-state index is -1.18. The van der Waals surface area contributed by atoms with Crippen molar-refractivity contribution < 1.29 is 0 Å². The first kappa shape index (κ1) is 14.9. The van der Waals surface area contributed by atoms with Crippen LogP contribution >= 0.6 is 10.0 Å². The fraction of sp³-hybridized carbons (Fsp3) is 0.143. The molecule has 3 rings (SSSR count). The van der Waals surface area contributed by atoms with Crippen molar-refractivity contribution in [2.24, 2.45) is 0 Å². The van der Waals surface area contributed by atoms with Gasteiger partial charge in [0.25, 0.3) is 0 Å². The van der Waals surface area contributed by atoms with Gasteiger partial charge in [0.1, 0.15) is 0 Å². The van der Waals surface area contributed by atoms with Gasteiger partial charge in [-0.15, -0.1) is 0 Å². The van der Waals surface area contributed by atoms with Crippen LogP contribution in [0.4, 0.5) is 0 Å². The van der Waals surface area contributed by atoms with E-state index in [-0.39, 0.29) is 0 Å². The second-order valence-electron chi connectivity index (χ2n) is 5.38. The molecule has 0 spiro atoms. The van der Waals surface area contributed by atoms with Gasteiger partial charge >= 0.3 is 0 Å². The largest absolute Gasteiger partial charge is 0.160 e. The molecule has 0 saturated carbocycles. The Morgan fingerprint density at radius 2 is 0.864 bits per heavy atom. The lowest BCUT2D eigenvalue weighted by atomic mass is 10.4. The SMILES string of the molecule is CCCS(c1ccccc1)(c1ccccc1)c1ccccc1. The van der Waals surface area contributed by atoms with Gasteiger partial charge in [0.15, 0.2) is 0 Å². The lowest BCUT2D eigenvalue weighted by molar-refractivity contribution is 1.07. The standard InChI is InChI=1S/C21H22S/c1-2-18-22(19-12-6-3-7-13-19,20-14-8-4-9-15-20)21-16-10-5-11-17-21/h3-17H,2,18H2,1H3. The lowest BCUT2D eigenvalue weighted by Crippen LogP contribution is -2.07. The maximum Gasteiger partial charge on any atom is -0.00187 e. The molecule has 0 bridgehead atoms. The topological polar surface area (TPSA) is 0 Å². The Morgan fingerprint density at radius 1 is 0.545 bits per heavy atom. The molecule has 0 aliphatic heterocycles. The van der Waals surface area contributed by atoms with E-state index in [0.29, 0.717) is 0 Å². The normalized spacial score (nSPS) is 12.0. The van der Waals surface area contributed by atoms with Crippen LogP contribution in [-0.2, 0) is 0 Å². The van der Waals surface area contributed by atoms with E-state index in [0.717, 1.165) is 0 Å². The summed E-state index contributed by atoms with van der Waals surface area (Å²) in [5.41, 5.74) is 0. The highest BCUT2D eigenvalue weighted by molar-refractivity contribution is 8.33. The van der Waals surface area contributed by atoms with E-state index < -0.39 is 10.0 Å². The summed E-state index contributed by atoms with van der Waals surface area (Å²) in [6.07, 6.45) is 1.17.